The van der Waals surface area contributed by atoms with Crippen LogP contribution in [0.15, 0.2) is 21.5 Å². The molecule has 21 heavy (non-hydrogen) atoms. The van der Waals surface area contributed by atoms with Crippen molar-refractivity contribution in [2.24, 2.45) is 5.92 Å². The zero-order valence-corrected chi connectivity index (χ0v) is 15.1. The van der Waals surface area contributed by atoms with Gasteiger partial charge in [-0.25, -0.2) is 13.1 Å². The highest BCUT2D eigenvalue weighted by atomic mass is 79.9. The number of hydrogen-bond acceptors (Lipinski definition) is 4. The van der Waals surface area contributed by atoms with Crippen LogP contribution in [0.4, 0.5) is 5.69 Å². The molecule has 0 saturated heterocycles. The Hall–Kier alpha value is -0.630. The van der Waals surface area contributed by atoms with Crippen molar-refractivity contribution in [2.45, 2.75) is 32.1 Å². The highest BCUT2D eigenvalue weighted by Crippen LogP contribution is 2.26. The fourth-order valence-electron chi connectivity index (χ4n) is 1.71. The quantitative estimate of drug-likeness (QED) is 0.538. The van der Waals surface area contributed by atoms with E-state index < -0.39 is 10.0 Å². The normalized spacial score (nSPS) is 12.0. The third kappa shape index (κ3) is 5.94. The number of rotatable bonds is 8. The first kappa shape index (κ1) is 18.4. The van der Waals surface area contributed by atoms with Crippen LogP contribution in [-0.4, -0.2) is 28.2 Å². The SMILES string of the molecule is Cc1cc(Br)c(N)cc1S(=O)(=O)NCCOCCC(C)C. The molecule has 0 aliphatic rings. The lowest BCUT2D eigenvalue weighted by molar-refractivity contribution is 0.128. The fourth-order valence-corrected chi connectivity index (χ4v) is 3.44. The van der Waals surface area contributed by atoms with E-state index in [1.54, 1.807) is 13.0 Å². The van der Waals surface area contributed by atoms with Crippen LogP contribution in [-0.2, 0) is 14.8 Å². The molecule has 3 N–H and O–H groups in total. The molecule has 1 aromatic rings. The molecule has 7 heteroatoms. The molecule has 0 heterocycles. The third-order valence-corrected chi connectivity index (χ3v) is 5.25. The Morgan fingerprint density at radius 1 is 1.33 bits per heavy atom. The minimum absolute atomic E-state index is 0.199. The van der Waals surface area contributed by atoms with Gasteiger partial charge in [-0.2, -0.15) is 0 Å². The summed E-state index contributed by atoms with van der Waals surface area (Å²) in [7, 11) is -3.56. The van der Waals surface area contributed by atoms with E-state index in [1.807, 2.05) is 0 Å². The third-order valence-electron chi connectivity index (χ3n) is 2.96. The van der Waals surface area contributed by atoms with Crippen molar-refractivity contribution in [1.29, 1.82) is 0 Å². The molecule has 0 aromatic heterocycles. The Kier molecular flexibility index (Phi) is 7.12. The van der Waals surface area contributed by atoms with Gasteiger partial charge in [0.1, 0.15) is 0 Å². The van der Waals surface area contributed by atoms with Gasteiger partial charge in [-0.05, 0) is 52.9 Å². The standard InChI is InChI=1S/C14H23BrN2O3S/c1-10(2)4-6-20-7-5-17-21(18,19)14-9-13(16)12(15)8-11(14)3/h8-10,17H,4-7,16H2,1-3H3. The van der Waals surface area contributed by atoms with Gasteiger partial charge in [0.25, 0.3) is 0 Å². The molecule has 0 bridgehead atoms. The minimum Gasteiger partial charge on any atom is -0.398 e. The van der Waals surface area contributed by atoms with Crippen LogP contribution < -0.4 is 10.5 Å². The summed E-state index contributed by atoms with van der Waals surface area (Å²) in [6.07, 6.45) is 0.967. The molecule has 5 nitrogen and oxygen atoms in total. The topological polar surface area (TPSA) is 81.4 Å². The number of aryl methyl sites for hydroxylation is 1. The number of halogens is 1. The van der Waals surface area contributed by atoms with Gasteiger partial charge in [-0.3, -0.25) is 0 Å². The number of sulfonamides is 1. The Balaban J connectivity index is 2.56. The lowest BCUT2D eigenvalue weighted by Crippen LogP contribution is -2.28. The van der Waals surface area contributed by atoms with Gasteiger partial charge < -0.3 is 10.5 Å². The van der Waals surface area contributed by atoms with Gasteiger partial charge in [-0.15, -0.1) is 0 Å². The van der Waals surface area contributed by atoms with Crippen LogP contribution in [0.5, 0.6) is 0 Å². The lowest BCUT2D eigenvalue weighted by atomic mass is 10.1. The number of nitrogen functional groups attached to an aromatic ring is 1. The van der Waals surface area contributed by atoms with Crippen LogP contribution in [0.2, 0.25) is 0 Å². The molecule has 0 atom stereocenters. The van der Waals surface area contributed by atoms with E-state index in [0.717, 1.165) is 6.42 Å². The van der Waals surface area contributed by atoms with Gasteiger partial charge in [0.15, 0.2) is 0 Å². The smallest absolute Gasteiger partial charge is 0.240 e. The zero-order valence-electron chi connectivity index (χ0n) is 12.6. The summed E-state index contributed by atoms with van der Waals surface area (Å²) in [5, 5.41) is 0. The highest BCUT2D eigenvalue weighted by molar-refractivity contribution is 9.10. The maximum atomic E-state index is 12.2. The van der Waals surface area contributed by atoms with Crippen molar-refractivity contribution >= 4 is 31.6 Å². The second kappa shape index (κ2) is 8.12. The number of ether oxygens (including phenoxy) is 1. The van der Waals surface area contributed by atoms with E-state index in [9.17, 15) is 8.42 Å². The van der Waals surface area contributed by atoms with E-state index >= 15 is 0 Å². The van der Waals surface area contributed by atoms with E-state index in [0.29, 0.717) is 34.9 Å². The molecule has 0 saturated carbocycles. The molecule has 0 fully saturated rings. The molecule has 0 radical (unpaired) electrons. The van der Waals surface area contributed by atoms with Crippen molar-refractivity contribution in [2.75, 3.05) is 25.5 Å². The van der Waals surface area contributed by atoms with E-state index in [-0.39, 0.29) is 11.4 Å². The summed E-state index contributed by atoms with van der Waals surface area (Å²) >= 11 is 3.28. The Labute approximate surface area is 135 Å². The molecule has 1 rings (SSSR count). The monoisotopic (exact) mass is 378 g/mol. The number of hydrogen-bond donors (Lipinski definition) is 2. The van der Waals surface area contributed by atoms with Crippen LogP contribution in [0, 0.1) is 12.8 Å². The summed E-state index contributed by atoms with van der Waals surface area (Å²) in [5.41, 5.74) is 6.79. The van der Waals surface area contributed by atoms with Crippen LogP contribution >= 0.6 is 15.9 Å². The zero-order chi connectivity index (χ0) is 16.0. The van der Waals surface area contributed by atoms with Gasteiger partial charge in [0, 0.05) is 23.3 Å². The molecular formula is C14H23BrN2O3S. The second-order valence-corrected chi connectivity index (χ2v) is 7.92. The number of benzene rings is 1. The van der Waals surface area contributed by atoms with E-state index in [4.69, 9.17) is 10.5 Å². The lowest BCUT2D eigenvalue weighted by Gasteiger charge is -2.11. The predicted molar refractivity (Wildman–Crippen MR) is 88.8 cm³/mol. The first-order valence-electron chi connectivity index (χ1n) is 6.87. The molecular weight excluding hydrogens is 356 g/mol. The highest BCUT2D eigenvalue weighted by Gasteiger charge is 2.17. The Bertz CT molecular complexity index is 574. The molecule has 0 spiro atoms. The number of nitrogens with one attached hydrogen (secondary N) is 1. The van der Waals surface area contributed by atoms with Crippen LogP contribution in [0.25, 0.3) is 0 Å². The van der Waals surface area contributed by atoms with Gasteiger partial charge in [0.05, 0.1) is 11.5 Å². The maximum Gasteiger partial charge on any atom is 0.240 e. The van der Waals surface area contributed by atoms with E-state index in [1.165, 1.54) is 6.07 Å². The summed E-state index contributed by atoms with van der Waals surface area (Å²) < 4.78 is 33.0. The molecule has 1 aromatic carbocycles. The molecule has 0 aliphatic carbocycles. The molecule has 0 aliphatic heterocycles. The van der Waals surface area contributed by atoms with Gasteiger partial charge in [-0.1, -0.05) is 13.8 Å². The van der Waals surface area contributed by atoms with Crippen molar-refractivity contribution in [3.63, 3.8) is 0 Å². The van der Waals surface area contributed by atoms with E-state index in [2.05, 4.69) is 34.5 Å². The van der Waals surface area contributed by atoms with Crippen molar-refractivity contribution in [3.05, 3.63) is 22.2 Å². The summed E-state index contributed by atoms with van der Waals surface area (Å²) in [5.74, 6) is 0.579. The first-order chi connectivity index (χ1) is 9.74. The van der Waals surface area contributed by atoms with Gasteiger partial charge >= 0.3 is 0 Å². The second-order valence-electron chi connectivity index (χ2n) is 5.33. The van der Waals surface area contributed by atoms with Crippen molar-refractivity contribution in [3.8, 4) is 0 Å². The largest absolute Gasteiger partial charge is 0.398 e. The Morgan fingerprint density at radius 3 is 2.62 bits per heavy atom. The molecule has 0 amide bonds. The number of anilines is 1. The van der Waals surface area contributed by atoms with Crippen LogP contribution in [0.1, 0.15) is 25.8 Å². The van der Waals surface area contributed by atoms with Crippen molar-refractivity contribution in [1.82, 2.24) is 4.72 Å². The average molecular weight is 379 g/mol. The summed E-state index contributed by atoms with van der Waals surface area (Å²) in [4.78, 5) is 0.199. The van der Waals surface area contributed by atoms with Gasteiger partial charge in [0.2, 0.25) is 10.0 Å². The summed E-state index contributed by atoms with van der Waals surface area (Å²) in [6.45, 7) is 7.22. The summed E-state index contributed by atoms with van der Waals surface area (Å²) in [6, 6.07) is 3.16. The predicted octanol–water partition coefficient (Wildman–Crippen LogP) is 2.68. The molecule has 120 valence electrons. The number of nitrogens with two attached hydrogens (primary N) is 1. The van der Waals surface area contributed by atoms with Crippen molar-refractivity contribution < 1.29 is 13.2 Å². The minimum atomic E-state index is -3.56. The fraction of sp³-hybridized carbons (Fsp3) is 0.571. The first-order valence-corrected chi connectivity index (χ1v) is 9.14. The average Bonchev–Trinajstić information content (AvgIpc) is 2.37. The Morgan fingerprint density at radius 2 is 2.00 bits per heavy atom. The molecule has 0 unspecified atom stereocenters. The van der Waals surface area contributed by atoms with Crippen LogP contribution in [0.3, 0.4) is 0 Å². The maximum absolute atomic E-state index is 12.2.